The number of aliphatic carboxylic acids is 1. The van der Waals surface area contributed by atoms with Gasteiger partial charge in [0.2, 0.25) is 0 Å². The van der Waals surface area contributed by atoms with E-state index in [2.05, 4.69) is 17.1 Å². The van der Waals surface area contributed by atoms with Gasteiger partial charge >= 0.3 is 5.97 Å². The second kappa shape index (κ2) is 5.99. The van der Waals surface area contributed by atoms with Crippen LogP contribution >= 0.6 is 0 Å². The van der Waals surface area contributed by atoms with Gasteiger partial charge in [-0.1, -0.05) is 6.92 Å². The normalized spacial score (nSPS) is 28.4. The van der Waals surface area contributed by atoms with E-state index < -0.39 is 11.5 Å². The molecule has 1 unspecified atom stereocenters. The Morgan fingerprint density at radius 1 is 1.50 bits per heavy atom. The zero-order valence-corrected chi connectivity index (χ0v) is 11.2. The molecule has 2 saturated heterocycles. The highest BCUT2D eigenvalue weighted by molar-refractivity contribution is 5.79. The number of rotatable bonds is 5. The van der Waals surface area contributed by atoms with Crippen molar-refractivity contribution in [2.45, 2.75) is 44.2 Å². The SMILES string of the molecule is CCN1CCC(NCC2CCCO2)(C(=O)O)CC1. The van der Waals surface area contributed by atoms with E-state index in [1.54, 1.807) is 0 Å². The van der Waals surface area contributed by atoms with Gasteiger partial charge in [0.15, 0.2) is 0 Å². The number of carboxylic acids is 1. The lowest BCUT2D eigenvalue weighted by Gasteiger charge is -2.39. The van der Waals surface area contributed by atoms with Gasteiger partial charge in [-0.15, -0.1) is 0 Å². The summed E-state index contributed by atoms with van der Waals surface area (Å²) >= 11 is 0. The van der Waals surface area contributed by atoms with E-state index in [4.69, 9.17) is 4.74 Å². The highest BCUT2D eigenvalue weighted by atomic mass is 16.5. The molecule has 0 saturated carbocycles. The van der Waals surface area contributed by atoms with Crippen LogP contribution in [-0.2, 0) is 9.53 Å². The second-order valence-electron chi connectivity index (χ2n) is 5.34. The molecule has 0 amide bonds. The molecule has 0 aromatic heterocycles. The van der Waals surface area contributed by atoms with E-state index in [1.165, 1.54) is 0 Å². The summed E-state index contributed by atoms with van der Waals surface area (Å²) in [4.78, 5) is 13.9. The Kier molecular flexibility index (Phi) is 4.59. The lowest BCUT2D eigenvalue weighted by molar-refractivity contribution is -0.147. The minimum absolute atomic E-state index is 0.199. The average Bonchev–Trinajstić information content (AvgIpc) is 2.90. The smallest absolute Gasteiger partial charge is 0.323 e. The summed E-state index contributed by atoms with van der Waals surface area (Å²) in [5, 5.41) is 12.8. The maximum absolute atomic E-state index is 11.6. The summed E-state index contributed by atoms with van der Waals surface area (Å²) in [6, 6.07) is 0. The topological polar surface area (TPSA) is 61.8 Å². The van der Waals surface area contributed by atoms with Crippen LogP contribution in [0.4, 0.5) is 0 Å². The standard InChI is InChI=1S/C13H24N2O3/c1-2-15-7-5-13(6-8-15,12(16)17)14-10-11-4-3-9-18-11/h11,14H,2-10H2,1H3,(H,16,17). The maximum atomic E-state index is 11.6. The maximum Gasteiger partial charge on any atom is 0.323 e. The lowest BCUT2D eigenvalue weighted by Crippen LogP contribution is -2.59. The molecule has 18 heavy (non-hydrogen) atoms. The van der Waals surface area contributed by atoms with Gasteiger partial charge in [0, 0.05) is 26.2 Å². The van der Waals surface area contributed by atoms with Gasteiger partial charge in [-0.05, 0) is 32.2 Å². The molecule has 0 spiro atoms. The highest BCUT2D eigenvalue weighted by Crippen LogP contribution is 2.23. The van der Waals surface area contributed by atoms with Crippen molar-refractivity contribution in [1.29, 1.82) is 0 Å². The molecule has 1 atom stereocenters. The molecule has 2 fully saturated rings. The van der Waals surface area contributed by atoms with Gasteiger partial charge in [-0.3, -0.25) is 10.1 Å². The Labute approximate surface area is 108 Å². The van der Waals surface area contributed by atoms with Crippen LogP contribution < -0.4 is 5.32 Å². The number of hydrogen-bond acceptors (Lipinski definition) is 4. The van der Waals surface area contributed by atoms with Gasteiger partial charge < -0.3 is 14.7 Å². The third kappa shape index (κ3) is 3.02. The van der Waals surface area contributed by atoms with E-state index in [1.807, 2.05) is 0 Å². The number of ether oxygens (including phenoxy) is 1. The zero-order chi connectivity index (χ0) is 13.0. The summed E-state index contributed by atoms with van der Waals surface area (Å²) < 4.78 is 5.55. The predicted molar refractivity (Wildman–Crippen MR) is 68.7 cm³/mol. The molecule has 0 aromatic rings. The van der Waals surface area contributed by atoms with Crippen LogP contribution in [0.1, 0.15) is 32.6 Å². The molecular formula is C13H24N2O3. The molecule has 104 valence electrons. The van der Waals surface area contributed by atoms with Gasteiger partial charge in [0.1, 0.15) is 5.54 Å². The Hall–Kier alpha value is -0.650. The van der Waals surface area contributed by atoms with Crippen molar-refractivity contribution in [2.24, 2.45) is 0 Å². The first kappa shape index (κ1) is 13.8. The highest BCUT2D eigenvalue weighted by Gasteiger charge is 2.41. The Morgan fingerprint density at radius 2 is 2.22 bits per heavy atom. The molecule has 0 radical (unpaired) electrons. The van der Waals surface area contributed by atoms with Crippen LogP contribution in [0.5, 0.6) is 0 Å². The Bertz CT molecular complexity index is 282. The first-order chi connectivity index (χ1) is 8.66. The average molecular weight is 256 g/mol. The first-order valence-corrected chi connectivity index (χ1v) is 6.99. The predicted octanol–water partition coefficient (Wildman–Crippen LogP) is 0.694. The van der Waals surface area contributed by atoms with Crippen molar-refractivity contribution in [2.75, 3.05) is 32.8 Å². The number of likely N-dealkylation sites (tertiary alicyclic amines) is 1. The van der Waals surface area contributed by atoms with Crippen LogP contribution in [0.3, 0.4) is 0 Å². The van der Waals surface area contributed by atoms with Gasteiger partial charge in [-0.25, -0.2) is 0 Å². The van der Waals surface area contributed by atoms with Crippen LogP contribution in [-0.4, -0.2) is 60.4 Å². The van der Waals surface area contributed by atoms with Crippen molar-refractivity contribution in [3.8, 4) is 0 Å². The first-order valence-electron chi connectivity index (χ1n) is 6.99. The summed E-state index contributed by atoms with van der Waals surface area (Å²) in [6.45, 7) is 6.33. The van der Waals surface area contributed by atoms with Crippen molar-refractivity contribution in [3.05, 3.63) is 0 Å². The summed E-state index contributed by atoms with van der Waals surface area (Å²) in [5.41, 5.74) is -0.738. The number of nitrogens with zero attached hydrogens (tertiary/aromatic N) is 1. The van der Waals surface area contributed by atoms with E-state index in [9.17, 15) is 9.90 Å². The van der Waals surface area contributed by atoms with E-state index in [0.717, 1.165) is 39.1 Å². The van der Waals surface area contributed by atoms with E-state index >= 15 is 0 Å². The van der Waals surface area contributed by atoms with Gasteiger partial charge in [0.05, 0.1) is 6.10 Å². The minimum Gasteiger partial charge on any atom is -0.480 e. The van der Waals surface area contributed by atoms with Crippen molar-refractivity contribution >= 4 is 5.97 Å². The van der Waals surface area contributed by atoms with Crippen LogP contribution in [0.15, 0.2) is 0 Å². The summed E-state index contributed by atoms with van der Waals surface area (Å²) in [7, 11) is 0. The molecule has 0 aliphatic carbocycles. The molecular weight excluding hydrogens is 232 g/mol. The largest absolute Gasteiger partial charge is 0.480 e. The van der Waals surface area contributed by atoms with E-state index in [-0.39, 0.29) is 6.10 Å². The molecule has 2 rings (SSSR count). The fourth-order valence-electron chi connectivity index (χ4n) is 2.83. The molecule has 5 nitrogen and oxygen atoms in total. The molecule has 0 bridgehead atoms. The van der Waals surface area contributed by atoms with Gasteiger partial charge in [-0.2, -0.15) is 0 Å². The van der Waals surface area contributed by atoms with Gasteiger partial charge in [0.25, 0.3) is 0 Å². The minimum atomic E-state index is -0.738. The van der Waals surface area contributed by atoms with Crippen molar-refractivity contribution in [1.82, 2.24) is 10.2 Å². The molecule has 2 N–H and O–H groups in total. The Balaban J connectivity index is 1.88. The summed E-state index contributed by atoms with van der Waals surface area (Å²) in [5.74, 6) is -0.712. The lowest BCUT2D eigenvalue weighted by atomic mass is 9.87. The molecule has 5 heteroatoms. The fraction of sp³-hybridized carbons (Fsp3) is 0.923. The number of piperidine rings is 1. The van der Waals surface area contributed by atoms with Crippen LogP contribution in [0, 0.1) is 0 Å². The van der Waals surface area contributed by atoms with Crippen molar-refractivity contribution < 1.29 is 14.6 Å². The zero-order valence-electron chi connectivity index (χ0n) is 11.2. The van der Waals surface area contributed by atoms with Crippen LogP contribution in [0.25, 0.3) is 0 Å². The monoisotopic (exact) mass is 256 g/mol. The van der Waals surface area contributed by atoms with Crippen LogP contribution in [0.2, 0.25) is 0 Å². The number of nitrogens with one attached hydrogen (secondary N) is 1. The van der Waals surface area contributed by atoms with E-state index in [0.29, 0.717) is 19.4 Å². The number of carboxylic acid groups (broad SMARTS) is 1. The fourth-order valence-corrected chi connectivity index (χ4v) is 2.83. The molecule has 2 heterocycles. The number of carbonyl (C=O) groups is 1. The molecule has 2 aliphatic rings. The third-order valence-corrected chi connectivity index (χ3v) is 4.26. The molecule has 0 aromatic carbocycles. The molecule has 2 aliphatic heterocycles. The quantitative estimate of drug-likeness (QED) is 0.758. The third-order valence-electron chi connectivity index (χ3n) is 4.26. The Morgan fingerprint density at radius 3 is 2.72 bits per heavy atom. The number of hydrogen-bond donors (Lipinski definition) is 2. The second-order valence-corrected chi connectivity index (χ2v) is 5.34. The summed E-state index contributed by atoms with van der Waals surface area (Å²) in [6.07, 6.45) is 3.71. The van der Waals surface area contributed by atoms with Crippen molar-refractivity contribution in [3.63, 3.8) is 0 Å².